The van der Waals surface area contributed by atoms with Gasteiger partial charge in [-0.1, -0.05) is 6.92 Å². The molecule has 4 nitrogen and oxygen atoms in total. The zero-order valence-corrected chi connectivity index (χ0v) is 7.26. The number of nitrogens with two attached hydrogens (primary N) is 1. The maximum Gasteiger partial charge on any atom is 0.165 e. The standard InChI is InChI=1S/C6H12N2O2S/c1-2-6(8)5-11(9,10)4-3-7/h6H,2,4-5,8H2,1H3. The van der Waals surface area contributed by atoms with Crippen LogP contribution in [-0.2, 0) is 9.84 Å². The van der Waals surface area contributed by atoms with Crippen molar-refractivity contribution in [2.75, 3.05) is 11.5 Å². The molecule has 0 aromatic carbocycles. The largest absolute Gasteiger partial charge is 0.327 e. The van der Waals surface area contributed by atoms with Gasteiger partial charge in [0.05, 0.1) is 11.8 Å². The van der Waals surface area contributed by atoms with E-state index < -0.39 is 15.6 Å². The number of sulfone groups is 1. The highest BCUT2D eigenvalue weighted by Crippen LogP contribution is 1.95. The number of nitriles is 1. The van der Waals surface area contributed by atoms with Gasteiger partial charge in [-0.05, 0) is 6.42 Å². The molecule has 0 spiro atoms. The molecule has 0 aliphatic rings. The van der Waals surface area contributed by atoms with E-state index in [0.29, 0.717) is 6.42 Å². The number of nitrogens with zero attached hydrogens (tertiary/aromatic N) is 1. The van der Waals surface area contributed by atoms with E-state index in [2.05, 4.69) is 0 Å². The summed E-state index contributed by atoms with van der Waals surface area (Å²) in [4.78, 5) is 0. The zero-order valence-electron chi connectivity index (χ0n) is 6.45. The number of rotatable bonds is 4. The van der Waals surface area contributed by atoms with Crippen LogP contribution in [0.4, 0.5) is 0 Å². The smallest absolute Gasteiger partial charge is 0.165 e. The van der Waals surface area contributed by atoms with Crippen LogP contribution < -0.4 is 5.73 Å². The second-order valence-corrected chi connectivity index (χ2v) is 4.49. The van der Waals surface area contributed by atoms with Gasteiger partial charge in [0.25, 0.3) is 0 Å². The lowest BCUT2D eigenvalue weighted by atomic mass is 10.3. The summed E-state index contributed by atoms with van der Waals surface area (Å²) < 4.78 is 21.8. The molecule has 2 N–H and O–H groups in total. The summed E-state index contributed by atoms with van der Waals surface area (Å²) in [5, 5.41) is 8.12. The molecule has 0 heterocycles. The molecule has 11 heavy (non-hydrogen) atoms. The predicted molar refractivity (Wildman–Crippen MR) is 42.5 cm³/mol. The zero-order chi connectivity index (χ0) is 8.91. The Hall–Kier alpha value is -0.600. The molecule has 0 rings (SSSR count). The van der Waals surface area contributed by atoms with Crippen LogP contribution in [0.3, 0.4) is 0 Å². The normalized spacial score (nSPS) is 13.9. The minimum atomic E-state index is -3.23. The summed E-state index contributed by atoms with van der Waals surface area (Å²) in [6, 6.07) is 1.25. The summed E-state index contributed by atoms with van der Waals surface area (Å²) in [7, 11) is -3.23. The van der Waals surface area contributed by atoms with Gasteiger partial charge in [-0.2, -0.15) is 5.26 Å². The summed E-state index contributed by atoms with van der Waals surface area (Å²) in [5.74, 6) is -0.516. The topological polar surface area (TPSA) is 84.0 Å². The van der Waals surface area contributed by atoms with Crippen LogP contribution in [0.1, 0.15) is 13.3 Å². The van der Waals surface area contributed by atoms with Crippen molar-refractivity contribution in [1.29, 1.82) is 5.26 Å². The van der Waals surface area contributed by atoms with E-state index in [1.165, 1.54) is 0 Å². The van der Waals surface area contributed by atoms with Gasteiger partial charge in [-0.3, -0.25) is 0 Å². The minimum Gasteiger partial charge on any atom is -0.327 e. The highest BCUT2D eigenvalue weighted by Gasteiger charge is 2.13. The van der Waals surface area contributed by atoms with Crippen LogP contribution in [0.5, 0.6) is 0 Å². The van der Waals surface area contributed by atoms with E-state index in [0.717, 1.165) is 0 Å². The molecule has 0 aromatic rings. The van der Waals surface area contributed by atoms with Crippen LogP contribution in [0.15, 0.2) is 0 Å². The third kappa shape index (κ3) is 4.76. The average molecular weight is 176 g/mol. The summed E-state index contributed by atoms with van der Waals surface area (Å²) in [5.41, 5.74) is 5.40. The minimum absolute atomic E-state index is 0.0862. The average Bonchev–Trinajstić information content (AvgIpc) is 1.86. The fourth-order valence-electron chi connectivity index (χ4n) is 0.601. The molecule has 0 aromatic heterocycles. The van der Waals surface area contributed by atoms with Gasteiger partial charge < -0.3 is 5.73 Å². The molecule has 0 bridgehead atoms. The van der Waals surface area contributed by atoms with Crippen molar-refractivity contribution in [3.05, 3.63) is 0 Å². The van der Waals surface area contributed by atoms with Crippen molar-refractivity contribution in [2.24, 2.45) is 5.73 Å². The summed E-state index contributed by atoms with van der Waals surface area (Å²) >= 11 is 0. The van der Waals surface area contributed by atoms with Gasteiger partial charge >= 0.3 is 0 Å². The van der Waals surface area contributed by atoms with Crippen LogP contribution in [0.25, 0.3) is 0 Å². The Morgan fingerprint density at radius 3 is 2.55 bits per heavy atom. The second-order valence-electron chi connectivity index (χ2n) is 2.38. The van der Waals surface area contributed by atoms with E-state index in [9.17, 15) is 8.42 Å². The number of hydrogen-bond acceptors (Lipinski definition) is 4. The third-order valence-electron chi connectivity index (χ3n) is 1.28. The summed E-state index contributed by atoms with van der Waals surface area (Å²) in [6.07, 6.45) is 0.616. The molecule has 0 saturated heterocycles. The first kappa shape index (κ1) is 10.4. The monoisotopic (exact) mass is 176 g/mol. The van der Waals surface area contributed by atoms with E-state index in [1.807, 2.05) is 6.92 Å². The first-order valence-electron chi connectivity index (χ1n) is 3.34. The molecule has 0 aliphatic heterocycles. The van der Waals surface area contributed by atoms with Crippen molar-refractivity contribution in [3.8, 4) is 6.07 Å². The van der Waals surface area contributed by atoms with Gasteiger partial charge in [0.2, 0.25) is 0 Å². The van der Waals surface area contributed by atoms with Crippen LogP contribution >= 0.6 is 0 Å². The molecule has 5 heteroatoms. The second kappa shape index (κ2) is 4.31. The highest BCUT2D eigenvalue weighted by molar-refractivity contribution is 7.91. The molecule has 0 fully saturated rings. The maximum atomic E-state index is 10.9. The maximum absolute atomic E-state index is 10.9. The van der Waals surface area contributed by atoms with Gasteiger partial charge in [0.15, 0.2) is 9.84 Å². The third-order valence-corrected chi connectivity index (χ3v) is 2.78. The SMILES string of the molecule is CCC(N)CS(=O)(=O)CC#N. The number of hydrogen-bond donors (Lipinski definition) is 1. The van der Waals surface area contributed by atoms with E-state index in [1.54, 1.807) is 6.07 Å². The van der Waals surface area contributed by atoms with Crippen molar-refractivity contribution < 1.29 is 8.42 Å². The van der Waals surface area contributed by atoms with E-state index in [-0.39, 0.29) is 11.8 Å². The molecule has 1 atom stereocenters. The Balaban J connectivity index is 4.05. The first-order valence-corrected chi connectivity index (χ1v) is 5.17. The molecule has 64 valence electrons. The Bertz CT molecular complexity index is 240. The van der Waals surface area contributed by atoms with Gasteiger partial charge in [-0.15, -0.1) is 0 Å². The van der Waals surface area contributed by atoms with Gasteiger partial charge in [0.1, 0.15) is 5.75 Å². The first-order chi connectivity index (χ1) is 5.02. The Kier molecular flexibility index (Phi) is 4.08. The van der Waals surface area contributed by atoms with E-state index >= 15 is 0 Å². The molecule has 0 radical (unpaired) electrons. The van der Waals surface area contributed by atoms with Crippen molar-refractivity contribution in [1.82, 2.24) is 0 Å². The molecular weight excluding hydrogens is 164 g/mol. The Morgan fingerprint density at radius 2 is 2.18 bits per heavy atom. The fraction of sp³-hybridized carbons (Fsp3) is 0.833. The summed E-state index contributed by atoms with van der Waals surface area (Å²) in [6.45, 7) is 1.81. The van der Waals surface area contributed by atoms with Crippen LogP contribution in [-0.4, -0.2) is 26.0 Å². The lowest BCUT2D eigenvalue weighted by molar-refractivity contribution is 0.587. The lowest BCUT2D eigenvalue weighted by Gasteiger charge is -2.06. The lowest BCUT2D eigenvalue weighted by Crippen LogP contribution is -2.29. The fourth-order valence-corrected chi connectivity index (χ4v) is 1.80. The van der Waals surface area contributed by atoms with Gasteiger partial charge in [-0.25, -0.2) is 8.42 Å². The van der Waals surface area contributed by atoms with Crippen molar-refractivity contribution in [2.45, 2.75) is 19.4 Å². The molecule has 0 saturated carbocycles. The Labute approximate surface area is 66.9 Å². The van der Waals surface area contributed by atoms with Crippen molar-refractivity contribution in [3.63, 3.8) is 0 Å². The molecule has 0 aliphatic carbocycles. The molecule has 0 amide bonds. The van der Waals surface area contributed by atoms with E-state index in [4.69, 9.17) is 11.0 Å². The quantitative estimate of drug-likeness (QED) is 0.635. The van der Waals surface area contributed by atoms with Crippen molar-refractivity contribution >= 4 is 9.84 Å². The Morgan fingerprint density at radius 1 is 1.64 bits per heavy atom. The van der Waals surface area contributed by atoms with Crippen LogP contribution in [0, 0.1) is 11.3 Å². The predicted octanol–water partition coefficient (Wildman–Crippen LogP) is -0.338. The molecule has 1 unspecified atom stereocenters. The van der Waals surface area contributed by atoms with Crippen LogP contribution in [0.2, 0.25) is 0 Å². The highest BCUT2D eigenvalue weighted by atomic mass is 32.2. The molecular formula is C6H12N2O2S. The van der Waals surface area contributed by atoms with Gasteiger partial charge in [0, 0.05) is 6.04 Å².